The van der Waals surface area contributed by atoms with Crippen molar-refractivity contribution in [2.75, 3.05) is 24.5 Å². The number of halogens is 1. The highest BCUT2D eigenvalue weighted by Gasteiger charge is 2.14. The first-order valence-corrected chi connectivity index (χ1v) is 9.37. The summed E-state index contributed by atoms with van der Waals surface area (Å²) in [6.07, 6.45) is 0. The topological polar surface area (TPSA) is 41.6 Å². The lowest BCUT2D eigenvalue weighted by molar-refractivity contribution is 0.588. The summed E-state index contributed by atoms with van der Waals surface area (Å²) in [7, 11) is 0. The van der Waals surface area contributed by atoms with Crippen LogP contribution < -0.4 is 10.3 Å². The van der Waals surface area contributed by atoms with E-state index in [9.17, 15) is 4.39 Å². The Bertz CT molecular complexity index is 1160. The third-order valence-corrected chi connectivity index (χ3v) is 4.87. The van der Waals surface area contributed by atoms with Crippen molar-refractivity contribution in [3.05, 3.63) is 53.6 Å². The largest absolute Gasteiger partial charge is 0.452 e. The SMILES string of the molecule is CC/N=c1/cc2oc3c(ccc4cc(N(CC)CC)ccc43)nc-2cc1F. The lowest BCUT2D eigenvalue weighted by atomic mass is 10.1. The van der Waals surface area contributed by atoms with Crippen molar-refractivity contribution < 1.29 is 8.81 Å². The van der Waals surface area contributed by atoms with Gasteiger partial charge < -0.3 is 9.32 Å². The first-order chi connectivity index (χ1) is 13.1. The summed E-state index contributed by atoms with van der Waals surface area (Å²) in [5.41, 5.74) is 3.10. The van der Waals surface area contributed by atoms with Gasteiger partial charge in [-0.3, -0.25) is 4.99 Å². The van der Waals surface area contributed by atoms with Crippen molar-refractivity contribution in [1.29, 1.82) is 0 Å². The Balaban J connectivity index is 1.97. The number of fused-ring (bicyclic) bond motifs is 4. The van der Waals surface area contributed by atoms with E-state index in [1.165, 1.54) is 11.8 Å². The molecule has 0 bridgehead atoms. The van der Waals surface area contributed by atoms with E-state index in [-0.39, 0.29) is 5.82 Å². The number of hydrogen-bond acceptors (Lipinski definition) is 4. The van der Waals surface area contributed by atoms with Gasteiger partial charge in [0.25, 0.3) is 0 Å². The molecule has 4 rings (SSSR count). The molecule has 1 aliphatic carbocycles. The number of benzene rings is 3. The highest BCUT2D eigenvalue weighted by molar-refractivity contribution is 6.04. The standard InChI is InChI=1S/C22H22FN3O/c1-4-24-19-13-21-20(12-17(19)23)25-18-10-7-14-11-15(26(5-2)6-3)8-9-16(14)22(18)27-21/h7-13H,4-6H2,1-3H3/b24-19-. The van der Waals surface area contributed by atoms with Crippen LogP contribution in [0.5, 0.6) is 0 Å². The Labute approximate surface area is 157 Å². The number of nitrogens with zero attached hydrogens (tertiary/aromatic N) is 3. The minimum Gasteiger partial charge on any atom is -0.452 e. The Hall–Kier alpha value is -2.95. The first kappa shape index (κ1) is 17.5. The van der Waals surface area contributed by atoms with Gasteiger partial charge in [-0.05, 0) is 50.4 Å². The highest BCUT2D eigenvalue weighted by atomic mass is 19.1. The van der Waals surface area contributed by atoms with E-state index in [4.69, 9.17) is 4.42 Å². The fraction of sp³-hybridized carbons (Fsp3) is 0.273. The smallest absolute Gasteiger partial charge is 0.160 e. The molecule has 0 aromatic heterocycles. The van der Waals surface area contributed by atoms with Crippen LogP contribution in [0.3, 0.4) is 0 Å². The number of rotatable bonds is 4. The maximum absolute atomic E-state index is 14.2. The first-order valence-electron chi connectivity index (χ1n) is 9.37. The summed E-state index contributed by atoms with van der Waals surface area (Å²) < 4.78 is 20.3. The number of aromatic nitrogens is 1. The van der Waals surface area contributed by atoms with Gasteiger partial charge in [-0.1, -0.05) is 6.07 Å². The summed E-state index contributed by atoms with van der Waals surface area (Å²) in [6, 6.07) is 13.3. The van der Waals surface area contributed by atoms with Gasteiger partial charge in [0, 0.05) is 42.8 Å². The summed E-state index contributed by atoms with van der Waals surface area (Å²) >= 11 is 0. The highest BCUT2D eigenvalue weighted by Crippen LogP contribution is 2.32. The quantitative estimate of drug-likeness (QED) is 0.379. The molecule has 0 unspecified atom stereocenters. The van der Waals surface area contributed by atoms with Crippen molar-refractivity contribution >= 4 is 27.6 Å². The minimum atomic E-state index is -0.379. The molecule has 0 spiro atoms. The van der Waals surface area contributed by atoms with Crippen LogP contribution in [0.1, 0.15) is 20.8 Å². The van der Waals surface area contributed by atoms with Crippen molar-refractivity contribution in [2.24, 2.45) is 4.99 Å². The molecular formula is C22H22FN3O. The molecule has 2 aromatic carbocycles. The van der Waals surface area contributed by atoms with Crippen molar-refractivity contribution in [3.8, 4) is 11.5 Å². The zero-order chi connectivity index (χ0) is 19.0. The molecule has 2 aromatic rings. The van der Waals surface area contributed by atoms with Gasteiger partial charge in [0.15, 0.2) is 17.2 Å². The van der Waals surface area contributed by atoms with Crippen LogP contribution >= 0.6 is 0 Å². The van der Waals surface area contributed by atoms with E-state index >= 15 is 0 Å². The molecule has 27 heavy (non-hydrogen) atoms. The van der Waals surface area contributed by atoms with Crippen LogP contribution in [0.2, 0.25) is 0 Å². The number of anilines is 1. The molecule has 0 atom stereocenters. The Morgan fingerprint density at radius 2 is 1.85 bits per heavy atom. The van der Waals surface area contributed by atoms with E-state index < -0.39 is 0 Å². The van der Waals surface area contributed by atoms with Crippen molar-refractivity contribution in [2.45, 2.75) is 20.8 Å². The van der Waals surface area contributed by atoms with Crippen molar-refractivity contribution in [1.82, 2.24) is 4.98 Å². The molecule has 0 saturated heterocycles. The number of hydrogen-bond donors (Lipinski definition) is 0. The van der Waals surface area contributed by atoms with Gasteiger partial charge >= 0.3 is 0 Å². The molecule has 2 aliphatic rings. The Morgan fingerprint density at radius 1 is 1.04 bits per heavy atom. The monoisotopic (exact) mass is 363 g/mol. The molecule has 5 heteroatoms. The average Bonchev–Trinajstić information content (AvgIpc) is 2.68. The van der Waals surface area contributed by atoms with Crippen LogP contribution in [-0.2, 0) is 0 Å². The maximum Gasteiger partial charge on any atom is 0.160 e. The molecule has 0 amide bonds. The van der Waals surface area contributed by atoms with Gasteiger partial charge in [-0.2, -0.15) is 0 Å². The second-order valence-electron chi connectivity index (χ2n) is 6.45. The van der Waals surface area contributed by atoms with Crippen LogP contribution in [0, 0.1) is 5.82 Å². The summed E-state index contributed by atoms with van der Waals surface area (Å²) in [5, 5.41) is 2.40. The summed E-state index contributed by atoms with van der Waals surface area (Å²) in [4.78, 5) is 11.1. The molecular weight excluding hydrogens is 341 g/mol. The fourth-order valence-electron chi connectivity index (χ4n) is 3.49. The zero-order valence-corrected chi connectivity index (χ0v) is 15.8. The van der Waals surface area contributed by atoms with Crippen molar-refractivity contribution in [3.63, 3.8) is 0 Å². The second-order valence-corrected chi connectivity index (χ2v) is 6.45. The van der Waals surface area contributed by atoms with Gasteiger partial charge in [-0.25, -0.2) is 9.37 Å². The van der Waals surface area contributed by atoms with Gasteiger partial charge in [0.1, 0.15) is 11.2 Å². The van der Waals surface area contributed by atoms with Crippen LogP contribution in [0.25, 0.3) is 33.3 Å². The van der Waals surface area contributed by atoms with E-state index in [1.807, 2.05) is 19.1 Å². The summed E-state index contributed by atoms with van der Waals surface area (Å²) in [6.45, 7) is 8.61. The Morgan fingerprint density at radius 3 is 2.59 bits per heavy atom. The summed E-state index contributed by atoms with van der Waals surface area (Å²) in [5.74, 6) is 0.160. The van der Waals surface area contributed by atoms with E-state index in [1.54, 1.807) is 6.07 Å². The third-order valence-electron chi connectivity index (χ3n) is 4.87. The molecule has 0 N–H and O–H groups in total. The van der Waals surface area contributed by atoms with Crippen LogP contribution in [-0.4, -0.2) is 24.6 Å². The molecule has 1 heterocycles. The van der Waals surface area contributed by atoms with Gasteiger partial charge in [0.05, 0.1) is 5.36 Å². The average molecular weight is 363 g/mol. The lowest BCUT2D eigenvalue weighted by Gasteiger charge is -2.21. The van der Waals surface area contributed by atoms with Crippen LogP contribution in [0.15, 0.2) is 51.9 Å². The molecule has 1 aliphatic heterocycles. The predicted molar refractivity (Wildman–Crippen MR) is 108 cm³/mol. The van der Waals surface area contributed by atoms with Gasteiger partial charge in [-0.15, -0.1) is 0 Å². The molecule has 0 saturated carbocycles. The molecule has 4 nitrogen and oxygen atoms in total. The maximum atomic E-state index is 14.2. The van der Waals surface area contributed by atoms with Crippen LogP contribution in [0.4, 0.5) is 10.1 Å². The molecule has 0 radical (unpaired) electrons. The second kappa shape index (κ2) is 6.99. The minimum absolute atomic E-state index is 0.305. The third kappa shape index (κ3) is 3.03. The zero-order valence-electron chi connectivity index (χ0n) is 15.8. The Kier molecular flexibility index (Phi) is 4.52. The lowest BCUT2D eigenvalue weighted by Crippen LogP contribution is -2.21. The van der Waals surface area contributed by atoms with Gasteiger partial charge in [0.2, 0.25) is 0 Å². The van der Waals surface area contributed by atoms with E-state index in [0.717, 1.165) is 23.9 Å². The normalized spacial score (nSPS) is 12.4. The molecule has 0 fully saturated rings. The molecule has 138 valence electrons. The fourth-order valence-corrected chi connectivity index (χ4v) is 3.49. The predicted octanol–water partition coefficient (Wildman–Crippen LogP) is 4.99. The van der Waals surface area contributed by atoms with E-state index in [0.29, 0.717) is 34.5 Å². The van der Waals surface area contributed by atoms with E-state index in [2.05, 4.69) is 46.9 Å².